The van der Waals surface area contributed by atoms with Gasteiger partial charge in [0.1, 0.15) is 11.0 Å². The van der Waals surface area contributed by atoms with Crippen LogP contribution in [0.3, 0.4) is 0 Å². The number of hydrogen-bond acceptors (Lipinski definition) is 4. The van der Waals surface area contributed by atoms with Crippen molar-refractivity contribution in [3.05, 3.63) is 42.6 Å². The van der Waals surface area contributed by atoms with Crippen molar-refractivity contribution >= 4 is 33.7 Å². The lowest BCUT2D eigenvalue weighted by Gasteiger charge is -2.01. The number of rotatable bonds is 1. The molecule has 0 bridgehead atoms. The van der Waals surface area contributed by atoms with Crippen molar-refractivity contribution in [2.24, 2.45) is 0 Å². The lowest BCUT2D eigenvalue weighted by Crippen LogP contribution is -1.79. The molecule has 0 saturated heterocycles. The molecule has 0 radical (unpaired) electrons. The minimum Gasteiger partial charge on any atom is -0.278 e. The number of aromatic amines is 1. The van der Waals surface area contributed by atoms with Crippen molar-refractivity contribution in [3.8, 4) is 11.1 Å². The first kappa shape index (κ1) is 9.73. The molecule has 0 aliphatic heterocycles. The summed E-state index contributed by atoms with van der Waals surface area (Å²) in [5, 5.41) is 8.14. The van der Waals surface area contributed by atoms with E-state index >= 15 is 0 Å². The highest BCUT2D eigenvalue weighted by molar-refractivity contribution is 7.00. The summed E-state index contributed by atoms with van der Waals surface area (Å²) in [7, 11) is 0. The van der Waals surface area contributed by atoms with E-state index in [4.69, 9.17) is 0 Å². The number of fused-ring (bicyclic) bond motifs is 2. The summed E-state index contributed by atoms with van der Waals surface area (Å²) >= 11 is 1.24. The molecule has 1 N–H and O–H groups in total. The van der Waals surface area contributed by atoms with Crippen molar-refractivity contribution in [1.82, 2.24) is 18.9 Å². The van der Waals surface area contributed by atoms with Crippen molar-refractivity contribution in [3.63, 3.8) is 0 Å². The summed E-state index contributed by atoms with van der Waals surface area (Å²) in [5.74, 6) is 0. The number of nitrogens with one attached hydrogen (secondary N) is 1. The van der Waals surface area contributed by atoms with Gasteiger partial charge in [-0.3, -0.25) is 5.10 Å². The van der Waals surface area contributed by atoms with Gasteiger partial charge in [-0.1, -0.05) is 18.2 Å². The van der Waals surface area contributed by atoms with Gasteiger partial charge in [0.2, 0.25) is 0 Å². The Labute approximate surface area is 107 Å². The third-order valence-corrected chi connectivity index (χ3v) is 3.59. The Kier molecular flexibility index (Phi) is 1.95. The second-order valence-corrected chi connectivity index (χ2v) is 4.67. The van der Waals surface area contributed by atoms with Crippen LogP contribution < -0.4 is 0 Å². The average Bonchev–Trinajstić information content (AvgIpc) is 3.05. The van der Waals surface area contributed by atoms with E-state index in [2.05, 4.69) is 49.3 Å². The van der Waals surface area contributed by atoms with Crippen molar-refractivity contribution < 1.29 is 0 Å². The molecule has 0 aliphatic rings. The minimum absolute atomic E-state index is 0.946. The Morgan fingerprint density at radius 2 is 1.72 bits per heavy atom. The Hall–Kier alpha value is -2.27. The molecule has 4 nitrogen and oxygen atoms in total. The van der Waals surface area contributed by atoms with E-state index < -0.39 is 0 Å². The van der Waals surface area contributed by atoms with Gasteiger partial charge in [-0.2, -0.15) is 13.8 Å². The molecule has 4 aromatic rings. The molecular formula is C13H8N4S. The van der Waals surface area contributed by atoms with E-state index in [0.29, 0.717) is 0 Å². The number of aromatic nitrogens is 4. The fourth-order valence-electron chi connectivity index (χ4n) is 2.08. The van der Waals surface area contributed by atoms with Gasteiger partial charge in [0.25, 0.3) is 0 Å². The lowest BCUT2D eigenvalue weighted by atomic mass is 10.0. The summed E-state index contributed by atoms with van der Waals surface area (Å²) in [6.07, 6.45) is 1.83. The van der Waals surface area contributed by atoms with Crippen molar-refractivity contribution in [1.29, 1.82) is 0 Å². The average molecular weight is 252 g/mol. The molecule has 0 unspecified atom stereocenters. The smallest absolute Gasteiger partial charge is 0.105 e. The SMILES string of the molecule is c1cc2nsnc2cc1-c1ccc2cn[nH]c2c1. The zero-order valence-electron chi connectivity index (χ0n) is 9.29. The minimum atomic E-state index is 0.946. The molecule has 4 rings (SSSR count). The van der Waals surface area contributed by atoms with Gasteiger partial charge in [-0.25, -0.2) is 0 Å². The second kappa shape index (κ2) is 3.61. The van der Waals surface area contributed by atoms with Gasteiger partial charge in [-0.15, -0.1) is 0 Å². The standard InChI is InChI=1S/C13H8N4S/c1-2-10-7-14-15-12(10)5-8(1)9-3-4-11-13(6-9)17-18-16-11/h1-7H,(H,14,15). The molecule has 0 saturated carbocycles. The summed E-state index contributed by atoms with van der Waals surface area (Å²) < 4.78 is 8.48. The highest BCUT2D eigenvalue weighted by Gasteiger charge is 2.04. The van der Waals surface area contributed by atoms with Crippen molar-refractivity contribution in [2.45, 2.75) is 0 Å². The van der Waals surface area contributed by atoms with Gasteiger partial charge in [0.05, 0.1) is 23.4 Å². The van der Waals surface area contributed by atoms with Gasteiger partial charge in [-0.05, 0) is 29.3 Å². The maximum absolute atomic E-state index is 4.27. The van der Waals surface area contributed by atoms with Crippen molar-refractivity contribution in [2.75, 3.05) is 0 Å². The van der Waals surface area contributed by atoms with E-state index in [9.17, 15) is 0 Å². The predicted octanol–water partition coefficient (Wildman–Crippen LogP) is 3.23. The molecular weight excluding hydrogens is 244 g/mol. The predicted molar refractivity (Wildman–Crippen MR) is 72.5 cm³/mol. The fraction of sp³-hybridized carbons (Fsp3) is 0. The van der Waals surface area contributed by atoms with Crippen LogP contribution >= 0.6 is 11.7 Å². The quantitative estimate of drug-likeness (QED) is 0.566. The Balaban J connectivity index is 1.93. The molecule has 0 atom stereocenters. The highest BCUT2D eigenvalue weighted by atomic mass is 32.1. The molecule has 0 spiro atoms. The monoisotopic (exact) mass is 252 g/mol. The molecule has 2 aromatic carbocycles. The lowest BCUT2D eigenvalue weighted by molar-refractivity contribution is 1.12. The molecule has 2 heterocycles. The van der Waals surface area contributed by atoms with Crippen LogP contribution in [0.15, 0.2) is 42.6 Å². The maximum Gasteiger partial charge on any atom is 0.105 e. The van der Waals surface area contributed by atoms with Gasteiger partial charge < -0.3 is 0 Å². The number of H-pyrrole nitrogens is 1. The fourth-order valence-corrected chi connectivity index (χ4v) is 2.60. The molecule has 0 fully saturated rings. The van der Waals surface area contributed by atoms with E-state index in [1.165, 1.54) is 11.7 Å². The van der Waals surface area contributed by atoms with Crippen LogP contribution in [-0.2, 0) is 0 Å². The largest absolute Gasteiger partial charge is 0.278 e. The molecule has 0 aliphatic carbocycles. The van der Waals surface area contributed by atoms with Crippen LogP contribution in [0.4, 0.5) is 0 Å². The zero-order valence-corrected chi connectivity index (χ0v) is 10.1. The second-order valence-electron chi connectivity index (χ2n) is 4.14. The molecule has 2 aromatic heterocycles. The van der Waals surface area contributed by atoms with Crippen LogP contribution in [0.5, 0.6) is 0 Å². The third-order valence-electron chi connectivity index (χ3n) is 3.03. The zero-order chi connectivity index (χ0) is 11.9. The summed E-state index contributed by atoms with van der Waals surface area (Å²) in [6, 6.07) is 12.4. The van der Waals surface area contributed by atoms with E-state index in [1.807, 2.05) is 12.3 Å². The first-order valence-electron chi connectivity index (χ1n) is 5.56. The topological polar surface area (TPSA) is 54.5 Å². The third kappa shape index (κ3) is 1.41. The Morgan fingerprint density at radius 3 is 2.72 bits per heavy atom. The van der Waals surface area contributed by atoms with E-state index in [0.717, 1.165) is 33.1 Å². The van der Waals surface area contributed by atoms with Crippen LogP contribution in [0, 0.1) is 0 Å². The molecule has 5 heteroatoms. The summed E-state index contributed by atoms with van der Waals surface area (Å²) in [4.78, 5) is 0. The summed E-state index contributed by atoms with van der Waals surface area (Å²) in [5.41, 5.74) is 5.24. The first-order chi connectivity index (χ1) is 8.90. The highest BCUT2D eigenvalue weighted by Crippen LogP contribution is 2.25. The van der Waals surface area contributed by atoms with Gasteiger partial charge in [0.15, 0.2) is 0 Å². The Morgan fingerprint density at radius 1 is 0.889 bits per heavy atom. The van der Waals surface area contributed by atoms with Crippen LogP contribution in [0.2, 0.25) is 0 Å². The normalized spacial score (nSPS) is 11.3. The van der Waals surface area contributed by atoms with Gasteiger partial charge >= 0.3 is 0 Å². The maximum atomic E-state index is 4.27. The molecule has 0 amide bonds. The van der Waals surface area contributed by atoms with Gasteiger partial charge in [0, 0.05) is 5.39 Å². The summed E-state index contributed by atoms with van der Waals surface area (Å²) in [6.45, 7) is 0. The molecule has 86 valence electrons. The first-order valence-corrected chi connectivity index (χ1v) is 6.29. The van der Waals surface area contributed by atoms with Crippen LogP contribution in [0.1, 0.15) is 0 Å². The van der Waals surface area contributed by atoms with E-state index in [1.54, 1.807) is 0 Å². The number of benzene rings is 2. The number of nitrogens with zero attached hydrogens (tertiary/aromatic N) is 3. The number of hydrogen-bond donors (Lipinski definition) is 1. The van der Waals surface area contributed by atoms with Crippen LogP contribution in [-0.4, -0.2) is 18.9 Å². The molecule has 18 heavy (non-hydrogen) atoms. The van der Waals surface area contributed by atoms with Crippen LogP contribution in [0.25, 0.3) is 33.1 Å². The Bertz CT molecular complexity index is 774. The van der Waals surface area contributed by atoms with E-state index in [-0.39, 0.29) is 0 Å².